The third kappa shape index (κ3) is 43.1. The van der Waals surface area contributed by atoms with Crippen LogP contribution in [0.3, 0.4) is 0 Å². The first-order valence-corrected chi connectivity index (χ1v) is 34.0. The molecule has 0 aliphatic rings. The molecule has 0 aliphatic carbocycles. The summed E-state index contributed by atoms with van der Waals surface area (Å²) in [5, 5.41) is 158. The van der Waals surface area contributed by atoms with Gasteiger partial charge in [-0.1, -0.05) is 62.0 Å². The monoisotopic (exact) mass is 1430 g/mol. The van der Waals surface area contributed by atoms with E-state index in [1.54, 1.807) is 55.4 Å². The second-order valence-corrected chi connectivity index (χ2v) is 30.3. The Hall–Kier alpha value is -1.46. The molecule has 30 heteroatoms. The average Bonchev–Trinajstić information content (AvgIpc) is 1.15. The van der Waals surface area contributed by atoms with Crippen molar-refractivity contribution in [3.05, 3.63) is 12.2 Å². The van der Waals surface area contributed by atoms with Crippen LogP contribution in [-0.4, -0.2) is 372 Å². The molecule has 0 rings (SSSR count). The fourth-order valence-electron chi connectivity index (χ4n) is 8.16. The lowest BCUT2D eigenvalue weighted by atomic mass is 9.94. The maximum atomic E-state index is 9.90. The van der Waals surface area contributed by atoms with Gasteiger partial charge in [0.2, 0.25) is 0 Å². The quantitative estimate of drug-likeness (QED) is 0.0278. The molecule has 0 aromatic carbocycles. The Morgan fingerprint density at radius 2 is 0.296 bits per heavy atom. The molecule has 0 bridgehead atoms. The third-order valence-corrected chi connectivity index (χ3v) is 16.7. The van der Waals surface area contributed by atoms with Crippen LogP contribution in [-0.2, 0) is 66.3 Å². The molecule has 16 N–H and O–H groups in total. The Morgan fingerprint density at radius 3 is 0.408 bits per heavy atom. The summed E-state index contributed by atoms with van der Waals surface area (Å²) in [5.41, 5.74) is -6.68. The fourth-order valence-corrected chi connectivity index (χ4v) is 8.16. The molecule has 0 aromatic rings. The normalized spacial score (nSPS) is 13.6. The summed E-state index contributed by atoms with van der Waals surface area (Å²) in [6, 6.07) is 0. The second-order valence-electron chi connectivity index (χ2n) is 30.3. The highest BCUT2D eigenvalue weighted by Gasteiger charge is 2.32. The first kappa shape index (κ1) is 96.5. The molecule has 0 aromatic heterocycles. The molecule has 0 heterocycles. The van der Waals surface area contributed by atoms with Gasteiger partial charge in [-0.3, -0.25) is 0 Å². The molecule has 30 nitrogen and oxygen atoms in total. The Kier molecular flexibility index (Phi) is 53.4. The van der Waals surface area contributed by atoms with Crippen LogP contribution in [0.15, 0.2) is 12.2 Å². The lowest BCUT2D eigenvalue weighted by molar-refractivity contribution is -0.0812. The van der Waals surface area contributed by atoms with E-state index in [0.29, 0.717) is 5.57 Å². The van der Waals surface area contributed by atoms with Crippen molar-refractivity contribution in [3.8, 4) is 0 Å². The van der Waals surface area contributed by atoms with Crippen molar-refractivity contribution in [2.24, 2.45) is 78.8 Å². The molecule has 0 saturated carbocycles. The highest BCUT2D eigenvalue weighted by atomic mass is 16.5. The molecule has 0 spiro atoms. The van der Waals surface area contributed by atoms with Crippen molar-refractivity contribution in [1.29, 1.82) is 0 Å². The van der Waals surface area contributed by atoms with Crippen LogP contribution in [0.25, 0.3) is 0 Å². The average molecular weight is 1430 g/mol. The summed E-state index contributed by atoms with van der Waals surface area (Å²) in [4.78, 5) is 0. The van der Waals surface area contributed by atoms with Crippen molar-refractivity contribution in [1.82, 2.24) is 0 Å². The predicted octanol–water partition coefficient (Wildman–Crippen LogP) is -2.60. The van der Waals surface area contributed by atoms with E-state index < -0.39 is 55.2 Å². The molecule has 0 amide bonds. The van der Waals surface area contributed by atoms with Crippen LogP contribution in [0.2, 0.25) is 0 Å². The van der Waals surface area contributed by atoms with Gasteiger partial charge in [0.1, 0.15) is 0 Å². The predicted molar refractivity (Wildman–Crippen MR) is 360 cm³/mol. The minimum absolute atomic E-state index is 0.0354. The van der Waals surface area contributed by atoms with E-state index in [0.717, 1.165) is 0 Å². The molecular weight excluding hydrogens is 1300 g/mol. The van der Waals surface area contributed by atoms with E-state index in [1.807, 2.05) is 0 Å². The van der Waals surface area contributed by atoms with E-state index >= 15 is 0 Å². The minimum Gasteiger partial charge on any atom is -0.396 e. The topological polar surface area (TPSA) is 453 Å². The Bertz CT molecular complexity index is 1520. The lowest BCUT2D eigenvalue weighted by Gasteiger charge is -2.28. The van der Waals surface area contributed by atoms with E-state index in [1.165, 1.54) is 0 Å². The van der Waals surface area contributed by atoms with Gasteiger partial charge in [-0.25, -0.2) is 0 Å². The summed E-state index contributed by atoms with van der Waals surface area (Å²) in [6.07, 6.45) is 0. The summed E-state index contributed by atoms with van der Waals surface area (Å²) >= 11 is 0. The molecule has 0 aliphatic heterocycles. The third-order valence-electron chi connectivity index (χ3n) is 16.7. The van der Waals surface area contributed by atoms with Gasteiger partial charge in [0, 0.05) is 78.8 Å². The van der Waals surface area contributed by atoms with E-state index in [9.17, 15) is 81.7 Å². The number of rotatable bonds is 72. The van der Waals surface area contributed by atoms with Gasteiger partial charge in [0.15, 0.2) is 0 Å². The largest absolute Gasteiger partial charge is 0.396 e. The van der Waals surface area contributed by atoms with Crippen LogP contribution in [0.1, 0.15) is 55.4 Å². The van der Waals surface area contributed by atoms with Gasteiger partial charge >= 0.3 is 0 Å². The van der Waals surface area contributed by atoms with Gasteiger partial charge in [0.05, 0.1) is 291 Å². The van der Waals surface area contributed by atoms with Crippen molar-refractivity contribution >= 4 is 0 Å². The highest BCUT2D eigenvalue weighted by Crippen LogP contribution is 2.24. The van der Waals surface area contributed by atoms with Crippen molar-refractivity contribution in [3.63, 3.8) is 0 Å². The molecule has 0 saturated heterocycles. The van der Waals surface area contributed by atoms with Crippen molar-refractivity contribution < 1.29 is 148 Å². The summed E-state index contributed by atoms with van der Waals surface area (Å²) < 4.78 is 85.5. The zero-order chi connectivity index (χ0) is 74.1. The van der Waals surface area contributed by atoms with Crippen LogP contribution < -0.4 is 0 Å². The first-order valence-electron chi connectivity index (χ1n) is 34.0. The van der Waals surface area contributed by atoms with Crippen molar-refractivity contribution in [2.45, 2.75) is 55.4 Å². The van der Waals surface area contributed by atoms with Crippen LogP contribution in [0, 0.1) is 78.8 Å². The molecule has 0 unspecified atom stereocenters. The Labute approximate surface area is 583 Å². The summed E-state index contributed by atoms with van der Waals surface area (Å²) in [7, 11) is 0. The second kappa shape index (κ2) is 54.2. The van der Waals surface area contributed by atoms with E-state index in [4.69, 9.17) is 66.3 Å². The Balaban J connectivity index is 6.80. The van der Waals surface area contributed by atoms with Crippen molar-refractivity contribution in [2.75, 3.05) is 291 Å². The Morgan fingerprint density at radius 1 is 0.194 bits per heavy atom. The maximum Gasteiger partial charge on any atom is 0.0696 e. The summed E-state index contributed by atoms with van der Waals surface area (Å²) in [6.45, 7) is 14.9. The van der Waals surface area contributed by atoms with Crippen LogP contribution >= 0.6 is 0 Å². The molecule has 0 atom stereocenters. The van der Waals surface area contributed by atoms with Crippen LogP contribution in [0.5, 0.6) is 0 Å². The highest BCUT2D eigenvalue weighted by molar-refractivity contribution is 4.94. The number of aliphatic hydroxyl groups is 16. The van der Waals surface area contributed by atoms with E-state index in [2.05, 4.69) is 6.58 Å². The zero-order valence-corrected chi connectivity index (χ0v) is 60.7. The van der Waals surface area contributed by atoms with E-state index in [-0.39, 0.29) is 314 Å². The van der Waals surface area contributed by atoms with Gasteiger partial charge in [0.25, 0.3) is 0 Å². The summed E-state index contributed by atoms with van der Waals surface area (Å²) in [5.74, 6) is -2.34. The minimum atomic E-state index is -0.906. The fraction of sp³-hybridized carbons (Fsp3) is 0.971. The molecule has 0 radical (unpaired) electrons. The lowest BCUT2D eigenvalue weighted by Crippen LogP contribution is -2.35. The maximum absolute atomic E-state index is 9.90. The number of hydrogen-bond donors (Lipinski definition) is 16. The standard InChI is InChI=1S/C68H136O30/c1-54(10-85-12-55(14-87-18-57(22-91-46-61(2,30-69)31-70)23-92-47-62(3,32-71)33-72)15-88-19-58(24-93-48-63(4,34-73)35-74)25-94-49-64(5,36-75)37-76)11-86-13-56(16-89-20-59(26-95-50-65(6,38-77)39-78)27-96-51-66(7,40-79)41-80)17-90-21-60(28-97-52-67(8,42-81)43-82)29-98-53-68(9,44-83)45-84/h55-60,69-84H,1,10-53H2,2-9H3. The smallest absolute Gasteiger partial charge is 0.0696 e. The molecule has 0 fully saturated rings. The number of aliphatic hydroxyl groups excluding tert-OH is 16. The van der Waals surface area contributed by atoms with Crippen LogP contribution in [0.4, 0.5) is 0 Å². The van der Waals surface area contributed by atoms with Gasteiger partial charge in [-0.2, -0.15) is 0 Å². The molecule has 588 valence electrons. The van der Waals surface area contributed by atoms with Gasteiger partial charge in [-0.15, -0.1) is 0 Å². The SMILES string of the molecule is C=C(COCC(COCC(COCC(C)(CO)CO)COCC(C)(CO)CO)COCC(COCC(C)(CO)CO)COCC(C)(CO)CO)COCC(COCC(COCC(C)(CO)CO)COCC(C)(CO)CO)COCC(COCC(C)(CO)CO)COCC(C)(CO)CO. The first-order chi connectivity index (χ1) is 46.5. The number of ether oxygens (including phenoxy) is 14. The molecule has 98 heavy (non-hydrogen) atoms. The molecular formula is C68H136O30. The number of hydrogen-bond acceptors (Lipinski definition) is 30. The zero-order valence-electron chi connectivity index (χ0n) is 60.7. The van der Waals surface area contributed by atoms with Gasteiger partial charge in [-0.05, 0) is 5.57 Å². The van der Waals surface area contributed by atoms with Gasteiger partial charge < -0.3 is 148 Å².